The van der Waals surface area contributed by atoms with E-state index in [9.17, 15) is 4.79 Å². The molecule has 0 saturated carbocycles. The lowest BCUT2D eigenvalue weighted by molar-refractivity contribution is -0.135. The summed E-state index contributed by atoms with van der Waals surface area (Å²) in [6.07, 6.45) is 1.06. The summed E-state index contributed by atoms with van der Waals surface area (Å²) in [7, 11) is 0. The Morgan fingerprint density at radius 1 is 1.44 bits per heavy atom. The van der Waals surface area contributed by atoms with Gasteiger partial charge in [0.1, 0.15) is 5.75 Å². The van der Waals surface area contributed by atoms with E-state index in [0.29, 0.717) is 25.6 Å². The molecule has 7 heteroatoms. The maximum absolute atomic E-state index is 12.0. The van der Waals surface area contributed by atoms with Crippen LogP contribution in [0, 0.1) is 11.3 Å². The summed E-state index contributed by atoms with van der Waals surface area (Å²) >= 11 is 1.09. The Bertz CT molecular complexity index is 649. The van der Waals surface area contributed by atoms with Crippen LogP contribution in [0.5, 0.6) is 5.75 Å². The highest BCUT2D eigenvalue weighted by molar-refractivity contribution is 8.14. The van der Waals surface area contributed by atoms with Crippen molar-refractivity contribution in [1.29, 1.82) is 5.41 Å². The molecule has 136 valence electrons. The van der Waals surface area contributed by atoms with Crippen molar-refractivity contribution >= 4 is 29.2 Å². The summed E-state index contributed by atoms with van der Waals surface area (Å²) in [6, 6.07) is 8.11. The number of hydrogen-bond acceptors (Lipinski definition) is 4. The number of benzene rings is 1. The SMILES string of the molecule is CC(C)(C)c1ccccc1OCC1CN(C(=O)CSC(=N)/N=C\N)C1. The van der Waals surface area contributed by atoms with Gasteiger partial charge in [-0.05, 0) is 17.0 Å². The fourth-order valence-electron chi connectivity index (χ4n) is 2.63. The smallest absolute Gasteiger partial charge is 0.233 e. The van der Waals surface area contributed by atoms with Crippen molar-refractivity contribution in [3.63, 3.8) is 0 Å². The Morgan fingerprint density at radius 3 is 2.76 bits per heavy atom. The van der Waals surface area contributed by atoms with Crippen molar-refractivity contribution in [2.75, 3.05) is 25.4 Å². The normalized spacial score (nSPS) is 15.2. The van der Waals surface area contributed by atoms with E-state index in [4.69, 9.17) is 15.9 Å². The van der Waals surface area contributed by atoms with Crippen LogP contribution in [0.3, 0.4) is 0 Å². The molecule has 0 unspecified atom stereocenters. The van der Waals surface area contributed by atoms with Gasteiger partial charge in [-0.25, -0.2) is 4.99 Å². The lowest BCUT2D eigenvalue weighted by Crippen LogP contribution is -2.52. The van der Waals surface area contributed by atoms with E-state index in [1.165, 1.54) is 5.56 Å². The third-order valence-electron chi connectivity index (χ3n) is 4.00. The number of nitrogens with zero attached hydrogens (tertiary/aromatic N) is 2. The zero-order valence-corrected chi connectivity index (χ0v) is 15.8. The van der Waals surface area contributed by atoms with Crippen LogP contribution in [0.2, 0.25) is 0 Å². The number of ether oxygens (including phenoxy) is 1. The number of carbonyl (C=O) groups is 1. The van der Waals surface area contributed by atoms with Crippen molar-refractivity contribution < 1.29 is 9.53 Å². The molecule has 1 saturated heterocycles. The Labute approximate surface area is 153 Å². The summed E-state index contributed by atoms with van der Waals surface area (Å²) in [5.74, 6) is 1.51. The number of amidine groups is 1. The summed E-state index contributed by atoms with van der Waals surface area (Å²) in [4.78, 5) is 17.4. The monoisotopic (exact) mass is 362 g/mol. The third-order valence-corrected chi connectivity index (χ3v) is 4.77. The molecule has 1 heterocycles. The highest BCUT2D eigenvalue weighted by Crippen LogP contribution is 2.31. The number of hydrogen-bond donors (Lipinski definition) is 2. The van der Waals surface area contributed by atoms with Crippen molar-refractivity contribution in [3.8, 4) is 5.75 Å². The molecule has 1 amide bonds. The number of para-hydroxylation sites is 1. The van der Waals surface area contributed by atoms with Crippen molar-refractivity contribution in [1.82, 2.24) is 4.90 Å². The Hall–Kier alpha value is -2.02. The number of likely N-dealkylation sites (tertiary alicyclic amines) is 1. The molecule has 3 N–H and O–H groups in total. The van der Waals surface area contributed by atoms with Crippen LogP contribution in [0.15, 0.2) is 29.3 Å². The number of nitrogens with two attached hydrogens (primary N) is 1. The van der Waals surface area contributed by atoms with E-state index >= 15 is 0 Å². The first-order valence-corrected chi connectivity index (χ1v) is 9.25. The van der Waals surface area contributed by atoms with Gasteiger partial charge in [0.05, 0.1) is 18.7 Å². The predicted molar refractivity (Wildman–Crippen MR) is 104 cm³/mol. The van der Waals surface area contributed by atoms with Crippen LogP contribution in [-0.2, 0) is 10.2 Å². The zero-order valence-electron chi connectivity index (χ0n) is 15.0. The van der Waals surface area contributed by atoms with Crippen molar-refractivity contribution in [2.45, 2.75) is 26.2 Å². The predicted octanol–water partition coefficient (Wildman–Crippen LogP) is 2.48. The highest BCUT2D eigenvalue weighted by atomic mass is 32.2. The Kier molecular flexibility index (Phi) is 6.47. The summed E-state index contributed by atoms with van der Waals surface area (Å²) in [5, 5.41) is 7.51. The van der Waals surface area contributed by atoms with Gasteiger partial charge in [-0.2, -0.15) is 0 Å². The molecule has 0 aromatic heterocycles. The fourth-order valence-corrected chi connectivity index (χ4v) is 3.20. The minimum atomic E-state index is 0.0216. The maximum Gasteiger partial charge on any atom is 0.233 e. The van der Waals surface area contributed by atoms with Crippen LogP contribution >= 0.6 is 11.8 Å². The molecule has 0 atom stereocenters. The number of amides is 1. The topological polar surface area (TPSA) is 91.8 Å². The van der Waals surface area contributed by atoms with Crippen molar-refractivity contribution in [2.24, 2.45) is 16.6 Å². The second-order valence-corrected chi connectivity index (χ2v) is 8.06. The molecule has 1 aromatic rings. The summed E-state index contributed by atoms with van der Waals surface area (Å²) < 4.78 is 6.02. The molecule has 0 radical (unpaired) electrons. The average molecular weight is 362 g/mol. The van der Waals surface area contributed by atoms with E-state index < -0.39 is 0 Å². The van der Waals surface area contributed by atoms with Gasteiger partial charge in [-0.3, -0.25) is 10.2 Å². The lowest BCUT2D eigenvalue weighted by atomic mass is 9.86. The van der Waals surface area contributed by atoms with Gasteiger partial charge in [0.15, 0.2) is 5.17 Å². The quantitative estimate of drug-likeness (QED) is 0.622. The minimum absolute atomic E-state index is 0.0216. The molecular formula is C18H26N4O2S. The van der Waals surface area contributed by atoms with E-state index in [1.54, 1.807) is 4.90 Å². The first-order chi connectivity index (χ1) is 11.8. The van der Waals surface area contributed by atoms with Crippen LogP contribution in [0.1, 0.15) is 26.3 Å². The van der Waals surface area contributed by atoms with Gasteiger partial charge >= 0.3 is 0 Å². The van der Waals surface area contributed by atoms with E-state index in [2.05, 4.69) is 31.8 Å². The number of carbonyl (C=O) groups excluding carboxylic acids is 1. The first-order valence-electron chi connectivity index (χ1n) is 8.27. The summed E-state index contributed by atoms with van der Waals surface area (Å²) in [6.45, 7) is 8.52. The second-order valence-electron chi connectivity index (χ2n) is 7.09. The average Bonchev–Trinajstić information content (AvgIpc) is 2.51. The number of rotatable bonds is 5. The van der Waals surface area contributed by atoms with Gasteiger partial charge in [-0.15, -0.1) is 0 Å². The molecule has 1 aliphatic rings. The lowest BCUT2D eigenvalue weighted by Gasteiger charge is -2.39. The molecule has 0 bridgehead atoms. The van der Waals surface area contributed by atoms with E-state index in [-0.39, 0.29) is 22.2 Å². The van der Waals surface area contributed by atoms with E-state index in [1.807, 2.05) is 18.2 Å². The first kappa shape index (κ1) is 19.3. The molecule has 1 aliphatic heterocycles. The number of nitrogens with one attached hydrogen (secondary N) is 1. The molecule has 1 aromatic carbocycles. The van der Waals surface area contributed by atoms with Gasteiger partial charge < -0.3 is 15.4 Å². The molecule has 6 nitrogen and oxygen atoms in total. The number of aliphatic imine (C=N–C) groups is 1. The molecule has 0 spiro atoms. The largest absolute Gasteiger partial charge is 0.493 e. The van der Waals surface area contributed by atoms with Gasteiger partial charge in [0.2, 0.25) is 5.91 Å². The van der Waals surface area contributed by atoms with Gasteiger partial charge in [0.25, 0.3) is 0 Å². The highest BCUT2D eigenvalue weighted by Gasteiger charge is 2.31. The van der Waals surface area contributed by atoms with Crippen LogP contribution in [0.4, 0.5) is 0 Å². The molecule has 25 heavy (non-hydrogen) atoms. The second kappa shape index (κ2) is 8.38. The Morgan fingerprint density at radius 2 is 2.12 bits per heavy atom. The maximum atomic E-state index is 12.0. The zero-order chi connectivity index (χ0) is 18.4. The van der Waals surface area contributed by atoms with E-state index in [0.717, 1.165) is 23.8 Å². The van der Waals surface area contributed by atoms with Crippen LogP contribution < -0.4 is 10.5 Å². The van der Waals surface area contributed by atoms with Crippen molar-refractivity contribution in [3.05, 3.63) is 29.8 Å². The fraction of sp³-hybridized carbons (Fsp3) is 0.500. The molecule has 0 aliphatic carbocycles. The third kappa shape index (κ3) is 5.49. The van der Waals surface area contributed by atoms with Crippen LogP contribution in [-0.4, -0.2) is 47.8 Å². The molecule has 1 fully saturated rings. The summed E-state index contributed by atoms with van der Waals surface area (Å²) in [5.41, 5.74) is 6.34. The minimum Gasteiger partial charge on any atom is -0.493 e. The van der Waals surface area contributed by atoms with Gasteiger partial charge in [0, 0.05) is 19.0 Å². The standard InChI is InChI=1S/C18H26N4O2S/c1-18(2,3)14-6-4-5-7-15(14)24-10-13-8-22(9-13)16(23)11-25-17(20)21-12-19/h4-7,12-13H,8-11H2,1-3H3,(H3,19,20,21). The Balaban J connectivity index is 1.76. The molecular weight excluding hydrogens is 336 g/mol. The number of thioether (sulfide) groups is 1. The van der Waals surface area contributed by atoms with Crippen LogP contribution in [0.25, 0.3) is 0 Å². The molecule has 2 rings (SSSR count). The van der Waals surface area contributed by atoms with Gasteiger partial charge in [-0.1, -0.05) is 50.7 Å².